The highest BCUT2D eigenvalue weighted by Gasteiger charge is 2.15. The van der Waals surface area contributed by atoms with Gasteiger partial charge in [-0.1, -0.05) is 66.2 Å². The molecule has 1 N–H and O–H groups in total. The first-order chi connectivity index (χ1) is 14.2. The van der Waals surface area contributed by atoms with Gasteiger partial charge in [0.25, 0.3) is 5.91 Å². The maximum atomic E-state index is 12.3. The Hall–Kier alpha value is -2.95. The number of hydrogen-bond acceptors (Lipinski definition) is 3. The fourth-order valence-electron chi connectivity index (χ4n) is 3.51. The molecule has 1 aliphatic rings. The first kappa shape index (κ1) is 19.4. The molecule has 146 valence electrons. The van der Waals surface area contributed by atoms with Crippen LogP contribution in [0.4, 0.5) is 0 Å². The number of halogens is 1. The molecule has 0 spiro atoms. The zero-order valence-electron chi connectivity index (χ0n) is 16.0. The van der Waals surface area contributed by atoms with Crippen molar-refractivity contribution in [1.82, 2.24) is 10.3 Å². The Morgan fingerprint density at radius 2 is 1.72 bits per heavy atom. The molecule has 1 amide bonds. The normalized spacial score (nSPS) is 14.0. The Labute approximate surface area is 175 Å². The van der Waals surface area contributed by atoms with Crippen molar-refractivity contribution in [2.24, 2.45) is 5.10 Å². The molecule has 0 unspecified atom stereocenters. The van der Waals surface area contributed by atoms with Gasteiger partial charge in [0.2, 0.25) is 0 Å². The van der Waals surface area contributed by atoms with Gasteiger partial charge in [0.1, 0.15) is 0 Å². The monoisotopic (exact) mass is 403 g/mol. The van der Waals surface area contributed by atoms with E-state index in [1.54, 1.807) is 12.3 Å². The van der Waals surface area contributed by atoms with E-state index in [4.69, 9.17) is 11.6 Å². The molecule has 3 aromatic rings. The number of hydrogen-bond donors (Lipinski definition) is 1. The van der Waals surface area contributed by atoms with Crippen LogP contribution in [0, 0.1) is 0 Å². The second kappa shape index (κ2) is 9.03. The van der Waals surface area contributed by atoms with E-state index < -0.39 is 0 Å². The topological polar surface area (TPSA) is 44.7 Å². The van der Waals surface area contributed by atoms with Crippen molar-refractivity contribution in [2.75, 3.05) is 6.54 Å². The summed E-state index contributed by atoms with van der Waals surface area (Å²) in [6.07, 6.45) is 2.63. The van der Waals surface area contributed by atoms with E-state index in [0.29, 0.717) is 10.6 Å². The Kier molecular flexibility index (Phi) is 6.03. The smallest absolute Gasteiger partial charge is 0.271 e. The molecule has 0 aromatic heterocycles. The molecule has 3 aromatic carbocycles. The van der Waals surface area contributed by atoms with E-state index in [1.807, 2.05) is 42.5 Å². The van der Waals surface area contributed by atoms with Crippen molar-refractivity contribution in [3.63, 3.8) is 0 Å². The van der Waals surface area contributed by atoms with Crippen LogP contribution in [-0.4, -0.2) is 23.6 Å². The fourth-order valence-corrected chi connectivity index (χ4v) is 3.70. The molecule has 0 radical (unpaired) electrons. The zero-order valence-corrected chi connectivity index (χ0v) is 16.8. The van der Waals surface area contributed by atoms with E-state index >= 15 is 0 Å². The number of rotatable bonds is 5. The van der Waals surface area contributed by atoms with Gasteiger partial charge in [-0.3, -0.25) is 9.69 Å². The van der Waals surface area contributed by atoms with Gasteiger partial charge in [-0.2, -0.15) is 5.10 Å². The van der Waals surface area contributed by atoms with Gasteiger partial charge < -0.3 is 0 Å². The summed E-state index contributed by atoms with van der Waals surface area (Å²) < 4.78 is 0. The lowest BCUT2D eigenvalue weighted by atomic mass is 9.99. The highest BCUT2D eigenvalue weighted by Crippen LogP contribution is 2.20. The maximum Gasteiger partial charge on any atom is 0.271 e. The molecule has 4 nitrogen and oxygen atoms in total. The minimum Gasteiger partial charge on any atom is -0.294 e. The molecule has 0 fully saturated rings. The number of hydrazone groups is 1. The average molecular weight is 404 g/mol. The Morgan fingerprint density at radius 1 is 1.00 bits per heavy atom. The van der Waals surface area contributed by atoms with Crippen molar-refractivity contribution < 1.29 is 4.79 Å². The largest absolute Gasteiger partial charge is 0.294 e. The molecule has 29 heavy (non-hydrogen) atoms. The molecule has 0 saturated carbocycles. The van der Waals surface area contributed by atoms with Crippen LogP contribution in [0.15, 0.2) is 77.9 Å². The van der Waals surface area contributed by atoms with Gasteiger partial charge in [-0.05, 0) is 41.3 Å². The van der Waals surface area contributed by atoms with Crippen molar-refractivity contribution in [2.45, 2.75) is 19.5 Å². The van der Waals surface area contributed by atoms with Crippen LogP contribution in [0.25, 0.3) is 0 Å². The SMILES string of the molecule is O=C(NN=Cc1ccccc1Cl)c1ccc(CN2CCc3ccccc3C2)cc1. The van der Waals surface area contributed by atoms with E-state index in [2.05, 4.69) is 39.7 Å². The average Bonchev–Trinajstić information content (AvgIpc) is 2.75. The van der Waals surface area contributed by atoms with Crippen molar-refractivity contribution in [1.29, 1.82) is 0 Å². The third-order valence-electron chi connectivity index (χ3n) is 5.11. The third kappa shape index (κ3) is 4.91. The molecule has 0 bridgehead atoms. The molecule has 1 heterocycles. The van der Waals surface area contributed by atoms with Crippen molar-refractivity contribution in [3.05, 3.63) is 106 Å². The zero-order chi connectivity index (χ0) is 20.1. The maximum absolute atomic E-state index is 12.3. The van der Waals surface area contributed by atoms with Crippen LogP contribution in [0.5, 0.6) is 0 Å². The second-order valence-corrected chi connectivity index (χ2v) is 7.55. The summed E-state index contributed by atoms with van der Waals surface area (Å²) in [5.41, 5.74) is 7.94. The van der Waals surface area contributed by atoms with Crippen LogP contribution in [0.3, 0.4) is 0 Å². The van der Waals surface area contributed by atoms with E-state index in [1.165, 1.54) is 16.7 Å². The van der Waals surface area contributed by atoms with Crippen LogP contribution >= 0.6 is 11.6 Å². The number of nitrogens with zero attached hydrogens (tertiary/aromatic N) is 2. The van der Waals surface area contributed by atoms with Gasteiger partial charge in [-0.25, -0.2) is 5.43 Å². The summed E-state index contributed by atoms with van der Waals surface area (Å²) in [4.78, 5) is 14.7. The number of carbonyl (C=O) groups excluding carboxylic acids is 1. The summed E-state index contributed by atoms with van der Waals surface area (Å²) in [6.45, 7) is 2.89. The first-order valence-corrected chi connectivity index (χ1v) is 10.0. The fraction of sp³-hybridized carbons (Fsp3) is 0.167. The number of benzene rings is 3. The molecule has 0 saturated heterocycles. The molecular weight excluding hydrogens is 382 g/mol. The highest BCUT2D eigenvalue weighted by atomic mass is 35.5. The van der Waals surface area contributed by atoms with Gasteiger partial charge in [0, 0.05) is 35.8 Å². The van der Waals surface area contributed by atoms with Crippen LogP contribution in [0.1, 0.15) is 32.6 Å². The Bertz CT molecular complexity index is 1030. The number of carbonyl (C=O) groups is 1. The summed E-state index contributed by atoms with van der Waals surface area (Å²) in [7, 11) is 0. The van der Waals surface area contributed by atoms with Gasteiger partial charge in [0.05, 0.1) is 6.21 Å². The Morgan fingerprint density at radius 3 is 2.52 bits per heavy atom. The standard InChI is InChI=1S/C24H22ClN3O/c25-23-8-4-3-6-21(23)15-26-27-24(29)20-11-9-18(10-12-20)16-28-14-13-19-5-1-2-7-22(19)17-28/h1-12,15H,13-14,16-17H2,(H,27,29). The molecular formula is C24H22ClN3O. The molecule has 0 atom stereocenters. The predicted molar refractivity (Wildman–Crippen MR) is 117 cm³/mol. The van der Waals surface area contributed by atoms with E-state index in [0.717, 1.165) is 31.6 Å². The lowest BCUT2D eigenvalue weighted by Gasteiger charge is -2.28. The van der Waals surface area contributed by atoms with Crippen LogP contribution in [-0.2, 0) is 19.5 Å². The molecule has 1 aliphatic heterocycles. The summed E-state index contributed by atoms with van der Waals surface area (Å²) in [5.74, 6) is -0.244. The second-order valence-electron chi connectivity index (χ2n) is 7.15. The van der Waals surface area contributed by atoms with Crippen LogP contribution < -0.4 is 5.43 Å². The third-order valence-corrected chi connectivity index (χ3v) is 5.45. The van der Waals surface area contributed by atoms with Gasteiger partial charge in [0.15, 0.2) is 0 Å². The summed E-state index contributed by atoms with van der Waals surface area (Å²) >= 11 is 6.07. The molecule has 4 rings (SSSR count). The summed E-state index contributed by atoms with van der Waals surface area (Å²) in [6, 6.07) is 23.7. The van der Waals surface area contributed by atoms with E-state index in [-0.39, 0.29) is 5.91 Å². The molecule has 5 heteroatoms. The lowest BCUT2D eigenvalue weighted by molar-refractivity contribution is 0.0955. The predicted octanol–water partition coefficient (Wildman–Crippen LogP) is 4.66. The van der Waals surface area contributed by atoms with Gasteiger partial charge in [-0.15, -0.1) is 0 Å². The minimum absolute atomic E-state index is 0.244. The van der Waals surface area contributed by atoms with Crippen LogP contribution in [0.2, 0.25) is 5.02 Å². The lowest BCUT2D eigenvalue weighted by Crippen LogP contribution is -2.30. The van der Waals surface area contributed by atoms with E-state index in [9.17, 15) is 4.79 Å². The van der Waals surface area contributed by atoms with Crippen molar-refractivity contribution >= 4 is 23.7 Å². The first-order valence-electron chi connectivity index (χ1n) is 9.65. The Balaban J connectivity index is 1.33. The minimum atomic E-state index is -0.244. The molecule has 0 aliphatic carbocycles. The quantitative estimate of drug-likeness (QED) is 0.497. The highest BCUT2D eigenvalue weighted by molar-refractivity contribution is 6.33. The number of amides is 1. The van der Waals surface area contributed by atoms with Gasteiger partial charge >= 0.3 is 0 Å². The number of nitrogens with one attached hydrogen (secondary N) is 1. The van der Waals surface area contributed by atoms with Crippen molar-refractivity contribution in [3.8, 4) is 0 Å². The number of fused-ring (bicyclic) bond motifs is 1. The summed E-state index contributed by atoms with van der Waals surface area (Å²) in [5, 5.41) is 4.59.